The molecule has 0 saturated carbocycles. The molecule has 2 N–H and O–H groups in total. The van der Waals surface area contributed by atoms with E-state index in [9.17, 15) is 14.4 Å². The van der Waals surface area contributed by atoms with Crippen molar-refractivity contribution in [2.75, 3.05) is 18.5 Å². The number of aromatic nitrogens is 1. The smallest absolute Gasteiger partial charge is 0.355 e. The molecule has 7 nitrogen and oxygen atoms in total. The molecular formula is C19H21ClN2O5. The van der Waals surface area contributed by atoms with Gasteiger partial charge in [0.15, 0.2) is 6.61 Å². The first-order valence-electron chi connectivity index (χ1n) is 8.34. The lowest BCUT2D eigenvalue weighted by Gasteiger charge is -2.08. The van der Waals surface area contributed by atoms with E-state index in [4.69, 9.17) is 21.1 Å². The molecule has 0 aliphatic carbocycles. The molecule has 0 fully saturated rings. The Morgan fingerprint density at radius 3 is 2.44 bits per heavy atom. The zero-order valence-electron chi connectivity index (χ0n) is 15.6. The van der Waals surface area contributed by atoms with Crippen molar-refractivity contribution < 1.29 is 23.9 Å². The number of carbonyl (C=O) groups is 3. The van der Waals surface area contributed by atoms with Crippen LogP contribution in [0.4, 0.5) is 5.69 Å². The zero-order valence-corrected chi connectivity index (χ0v) is 16.3. The lowest BCUT2D eigenvalue weighted by Crippen LogP contribution is -2.21. The van der Waals surface area contributed by atoms with Crippen molar-refractivity contribution in [3.63, 3.8) is 0 Å². The Morgan fingerprint density at radius 2 is 1.81 bits per heavy atom. The van der Waals surface area contributed by atoms with Gasteiger partial charge < -0.3 is 19.8 Å². The quantitative estimate of drug-likeness (QED) is 0.732. The molecule has 0 saturated heterocycles. The largest absolute Gasteiger partial charge is 0.462 e. The maximum absolute atomic E-state index is 12.3. The second-order valence-electron chi connectivity index (χ2n) is 5.93. The van der Waals surface area contributed by atoms with Crippen LogP contribution in [0.5, 0.6) is 0 Å². The molecule has 1 heterocycles. The van der Waals surface area contributed by atoms with E-state index in [1.807, 2.05) is 6.92 Å². The summed E-state index contributed by atoms with van der Waals surface area (Å²) in [5.74, 6) is -1.75. The van der Waals surface area contributed by atoms with Gasteiger partial charge in [0.25, 0.3) is 5.91 Å². The number of aromatic amines is 1. The molecule has 0 bridgehead atoms. The monoisotopic (exact) mass is 392 g/mol. The number of carbonyl (C=O) groups excluding carboxylic acids is 3. The van der Waals surface area contributed by atoms with E-state index >= 15 is 0 Å². The minimum atomic E-state index is -0.733. The summed E-state index contributed by atoms with van der Waals surface area (Å²) in [6, 6.07) is 5.08. The van der Waals surface area contributed by atoms with Crippen LogP contribution in [-0.2, 0) is 14.3 Å². The predicted octanol–water partition coefficient (Wildman–Crippen LogP) is 3.57. The van der Waals surface area contributed by atoms with Gasteiger partial charge in [-0.3, -0.25) is 4.79 Å². The Hall–Kier alpha value is -2.80. The van der Waals surface area contributed by atoms with Gasteiger partial charge in [-0.25, -0.2) is 9.59 Å². The van der Waals surface area contributed by atoms with Crippen LogP contribution in [0, 0.1) is 20.8 Å². The standard InChI is InChI=1S/C19H21ClN2O5/c1-5-26-18(24)16-11(3)17(21-12(16)4)19(25)27-9-15(23)22-13-7-6-10(2)14(20)8-13/h6-8,21H,5,9H2,1-4H3,(H,22,23). The summed E-state index contributed by atoms with van der Waals surface area (Å²) in [6.45, 7) is 6.57. The van der Waals surface area contributed by atoms with Gasteiger partial charge in [0.2, 0.25) is 0 Å². The summed E-state index contributed by atoms with van der Waals surface area (Å²) in [7, 11) is 0. The van der Waals surface area contributed by atoms with Gasteiger partial charge in [-0.05, 0) is 51.0 Å². The molecular weight excluding hydrogens is 372 g/mol. The summed E-state index contributed by atoms with van der Waals surface area (Å²) < 4.78 is 10.0. The van der Waals surface area contributed by atoms with Crippen LogP contribution in [0.25, 0.3) is 0 Å². The Morgan fingerprint density at radius 1 is 1.11 bits per heavy atom. The minimum Gasteiger partial charge on any atom is -0.462 e. The molecule has 0 aliphatic heterocycles. The van der Waals surface area contributed by atoms with Gasteiger partial charge in [0.05, 0.1) is 12.2 Å². The fraction of sp³-hybridized carbons (Fsp3) is 0.316. The number of aryl methyl sites for hydroxylation is 2. The van der Waals surface area contributed by atoms with Crippen LogP contribution < -0.4 is 5.32 Å². The number of halogens is 1. The van der Waals surface area contributed by atoms with Crippen LogP contribution in [0.1, 0.15) is 44.6 Å². The predicted molar refractivity (Wildman–Crippen MR) is 101 cm³/mol. The lowest BCUT2D eigenvalue weighted by molar-refractivity contribution is -0.119. The van der Waals surface area contributed by atoms with E-state index in [1.54, 1.807) is 39.0 Å². The van der Waals surface area contributed by atoms with Crippen LogP contribution in [-0.4, -0.2) is 36.0 Å². The number of esters is 2. The number of anilines is 1. The number of benzene rings is 1. The topological polar surface area (TPSA) is 97.5 Å². The highest BCUT2D eigenvalue weighted by atomic mass is 35.5. The molecule has 2 aromatic rings. The zero-order chi connectivity index (χ0) is 20.1. The third kappa shape index (κ3) is 4.89. The maximum Gasteiger partial charge on any atom is 0.355 e. The van der Waals surface area contributed by atoms with Crippen molar-refractivity contribution in [1.82, 2.24) is 4.98 Å². The van der Waals surface area contributed by atoms with Crippen LogP contribution in [0.15, 0.2) is 18.2 Å². The second-order valence-corrected chi connectivity index (χ2v) is 6.34. The molecule has 27 heavy (non-hydrogen) atoms. The number of hydrogen-bond donors (Lipinski definition) is 2. The number of H-pyrrole nitrogens is 1. The van der Waals surface area contributed by atoms with Gasteiger partial charge in [0, 0.05) is 16.4 Å². The highest BCUT2D eigenvalue weighted by Crippen LogP contribution is 2.21. The molecule has 0 atom stereocenters. The number of amides is 1. The fourth-order valence-electron chi connectivity index (χ4n) is 2.53. The van der Waals surface area contributed by atoms with E-state index in [1.165, 1.54) is 0 Å². The number of nitrogens with one attached hydrogen (secondary N) is 2. The molecule has 1 amide bonds. The Bertz CT molecular complexity index is 888. The molecule has 0 aliphatic rings. The van der Waals surface area contributed by atoms with Crippen LogP contribution in [0.2, 0.25) is 5.02 Å². The Balaban J connectivity index is 2.01. The summed E-state index contributed by atoms with van der Waals surface area (Å²) in [5, 5.41) is 3.12. The first-order valence-corrected chi connectivity index (χ1v) is 8.71. The third-order valence-corrected chi connectivity index (χ3v) is 4.32. The van der Waals surface area contributed by atoms with Gasteiger partial charge in [-0.2, -0.15) is 0 Å². The van der Waals surface area contributed by atoms with Crippen molar-refractivity contribution in [2.24, 2.45) is 0 Å². The lowest BCUT2D eigenvalue weighted by atomic mass is 10.1. The average Bonchev–Trinajstić information content (AvgIpc) is 2.91. The minimum absolute atomic E-state index is 0.113. The summed E-state index contributed by atoms with van der Waals surface area (Å²) in [5.41, 5.74) is 2.71. The van der Waals surface area contributed by atoms with E-state index in [2.05, 4.69) is 10.3 Å². The molecule has 2 rings (SSSR count). The van der Waals surface area contributed by atoms with Crippen molar-refractivity contribution >= 4 is 35.1 Å². The van der Waals surface area contributed by atoms with Crippen molar-refractivity contribution in [3.8, 4) is 0 Å². The van der Waals surface area contributed by atoms with Gasteiger partial charge >= 0.3 is 11.9 Å². The molecule has 1 aromatic heterocycles. The van der Waals surface area contributed by atoms with E-state index in [-0.39, 0.29) is 12.3 Å². The second kappa shape index (κ2) is 8.73. The van der Waals surface area contributed by atoms with E-state index in [0.717, 1.165) is 5.56 Å². The van der Waals surface area contributed by atoms with Crippen LogP contribution >= 0.6 is 11.6 Å². The molecule has 0 spiro atoms. The number of rotatable bonds is 6. The number of ether oxygens (including phenoxy) is 2. The highest BCUT2D eigenvalue weighted by molar-refractivity contribution is 6.31. The third-order valence-electron chi connectivity index (χ3n) is 3.91. The summed E-state index contributed by atoms with van der Waals surface area (Å²) in [6.07, 6.45) is 0. The van der Waals surface area contributed by atoms with Gasteiger partial charge in [-0.15, -0.1) is 0 Å². The summed E-state index contributed by atoms with van der Waals surface area (Å²) >= 11 is 6.01. The molecule has 1 aromatic carbocycles. The van der Waals surface area contributed by atoms with Crippen LogP contribution in [0.3, 0.4) is 0 Å². The van der Waals surface area contributed by atoms with E-state index in [0.29, 0.717) is 27.5 Å². The first kappa shape index (κ1) is 20.5. The molecule has 0 unspecified atom stereocenters. The Kier molecular flexibility index (Phi) is 6.63. The molecule has 144 valence electrons. The molecule has 8 heteroatoms. The highest BCUT2D eigenvalue weighted by Gasteiger charge is 2.24. The first-order chi connectivity index (χ1) is 12.7. The summed E-state index contributed by atoms with van der Waals surface area (Å²) in [4.78, 5) is 39.0. The SMILES string of the molecule is CCOC(=O)c1c(C)[nH]c(C(=O)OCC(=O)Nc2ccc(C)c(Cl)c2)c1C. The Labute approximate surface area is 162 Å². The average molecular weight is 393 g/mol. The van der Waals surface area contributed by atoms with Gasteiger partial charge in [0.1, 0.15) is 5.69 Å². The van der Waals surface area contributed by atoms with E-state index < -0.39 is 24.5 Å². The molecule has 0 radical (unpaired) electrons. The van der Waals surface area contributed by atoms with Crippen molar-refractivity contribution in [1.29, 1.82) is 0 Å². The number of hydrogen-bond acceptors (Lipinski definition) is 5. The van der Waals surface area contributed by atoms with Crippen molar-refractivity contribution in [2.45, 2.75) is 27.7 Å². The van der Waals surface area contributed by atoms with Crippen molar-refractivity contribution in [3.05, 3.63) is 51.3 Å². The fourth-order valence-corrected chi connectivity index (χ4v) is 2.72. The van der Waals surface area contributed by atoms with Gasteiger partial charge in [-0.1, -0.05) is 17.7 Å². The normalized spacial score (nSPS) is 10.4. The maximum atomic E-state index is 12.3.